The molecule has 6 aliphatic rings. The van der Waals surface area contributed by atoms with E-state index in [1.165, 1.54) is 0 Å². The van der Waals surface area contributed by atoms with E-state index in [2.05, 4.69) is 31.9 Å². The molecule has 6 saturated carbocycles. The summed E-state index contributed by atoms with van der Waals surface area (Å²) in [4.78, 5) is 0. The fourth-order valence-corrected chi connectivity index (χ4v) is 9.76. The van der Waals surface area contributed by atoms with Gasteiger partial charge >= 0.3 is 0 Å². The molecule has 70 valence electrons. The second kappa shape index (κ2) is 1.51. The molecule has 0 amide bonds. The molecule has 0 aromatic rings. The lowest BCUT2D eigenvalue weighted by Gasteiger charge is -2.90. The lowest BCUT2D eigenvalue weighted by Crippen LogP contribution is -2.93. The molecule has 4 unspecified atom stereocenters. The Morgan fingerprint density at radius 2 is 1.23 bits per heavy atom. The molecular weight excluding hydrogens is 339 g/mol. The van der Waals surface area contributed by atoms with Gasteiger partial charge in [0, 0.05) is 10.2 Å². The van der Waals surface area contributed by atoms with E-state index in [1.807, 2.05) is 0 Å². The van der Waals surface area contributed by atoms with Crippen molar-refractivity contribution in [3.63, 3.8) is 0 Å². The van der Waals surface area contributed by atoms with Gasteiger partial charge in [-0.2, -0.15) is 0 Å². The van der Waals surface area contributed by atoms with Crippen molar-refractivity contribution in [2.24, 2.45) is 35.5 Å². The summed E-state index contributed by atoms with van der Waals surface area (Å²) in [6.07, 6.45) is 0. The van der Waals surface area contributed by atoms with Gasteiger partial charge in [0.05, 0.1) is 4.32 Å². The van der Waals surface area contributed by atoms with Crippen molar-refractivity contribution >= 4 is 55.1 Å². The maximum atomic E-state index is 6.50. The van der Waals surface area contributed by atoms with E-state index in [-0.39, 0.29) is 4.32 Å². The molecule has 4 atom stereocenters. The van der Waals surface area contributed by atoms with Crippen LogP contribution in [0, 0.1) is 35.5 Å². The predicted molar refractivity (Wildman–Crippen MR) is 58.7 cm³/mol. The molecule has 0 heterocycles. The highest BCUT2D eigenvalue weighted by molar-refractivity contribution is 9.10. The molecule has 0 N–H and O–H groups in total. The van der Waals surface area contributed by atoms with Crippen molar-refractivity contribution in [1.82, 2.24) is 0 Å². The molecule has 0 saturated heterocycles. The third kappa shape index (κ3) is 0.362. The Kier molecular flexibility index (Phi) is 0.901. The number of alkyl halides is 4. The van der Waals surface area contributed by atoms with Crippen molar-refractivity contribution in [3.8, 4) is 0 Å². The monoisotopic (exact) mass is 342 g/mol. The summed E-state index contributed by atoms with van der Waals surface area (Å²) in [5, 5.41) is 0. The van der Waals surface area contributed by atoms with Crippen LogP contribution in [0.25, 0.3) is 0 Å². The van der Waals surface area contributed by atoms with Gasteiger partial charge in [-0.15, -0.1) is 0 Å². The summed E-state index contributed by atoms with van der Waals surface area (Å²) in [5.41, 5.74) is 0. The van der Waals surface area contributed by atoms with Gasteiger partial charge in [-0.05, 0) is 29.6 Å². The van der Waals surface area contributed by atoms with Gasteiger partial charge in [-0.25, -0.2) is 0 Å². The molecule has 2 bridgehead atoms. The topological polar surface area (TPSA) is 0 Å². The molecule has 4 heteroatoms. The molecule has 0 aromatic heterocycles. The normalized spacial score (nSPS) is 87.7. The molecule has 0 aliphatic heterocycles. The minimum atomic E-state index is -0.470. The SMILES string of the molecule is ClC1(Cl)C2C3C4C5C(C2C35Br)C41Br. The standard InChI is InChI=1S/C9H6Br2Cl2/c10-7-1-4-2(7)6-3(7)5(1)8(4,11)9(6,12)13/h1-6H. The minimum Gasteiger partial charge on any atom is -0.0997 e. The minimum absolute atomic E-state index is 0.100. The van der Waals surface area contributed by atoms with Crippen molar-refractivity contribution in [1.29, 1.82) is 0 Å². The summed E-state index contributed by atoms with van der Waals surface area (Å²) < 4.78 is 0.126. The van der Waals surface area contributed by atoms with Gasteiger partial charge in [0.2, 0.25) is 0 Å². The molecule has 0 radical (unpaired) electrons. The van der Waals surface area contributed by atoms with Gasteiger partial charge in [0.1, 0.15) is 4.33 Å². The van der Waals surface area contributed by atoms with Crippen LogP contribution in [0.1, 0.15) is 0 Å². The van der Waals surface area contributed by atoms with Gasteiger partial charge < -0.3 is 0 Å². The molecular formula is C9H6Br2Cl2. The summed E-state index contributed by atoms with van der Waals surface area (Å²) in [6, 6.07) is 0. The quantitative estimate of drug-likeness (QED) is 0.592. The molecule has 6 aliphatic carbocycles. The molecule has 6 rings (SSSR count). The Bertz CT molecular complexity index is 360. The Balaban J connectivity index is 1.85. The second-order valence-corrected chi connectivity index (χ2v) is 9.44. The maximum absolute atomic E-state index is 6.50. The zero-order chi connectivity index (χ0) is 8.96. The highest BCUT2D eigenvalue weighted by Gasteiger charge is 3.07. The van der Waals surface area contributed by atoms with Crippen molar-refractivity contribution in [3.05, 3.63) is 0 Å². The van der Waals surface area contributed by atoms with Gasteiger partial charge in [0.15, 0.2) is 0 Å². The van der Waals surface area contributed by atoms with Crippen molar-refractivity contribution in [2.75, 3.05) is 0 Å². The van der Waals surface area contributed by atoms with E-state index in [4.69, 9.17) is 23.2 Å². The Hall–Kier alpha value is 1.54. The molecule has 13 heavy (non-hydrogen) atoms. The highest BCUT2D eigenvalue weighted by atomic mass is 79.9. The van der Waals surface area contributed by atoms with E-state index in [9.17, 15) is 0 Å². The van der Waals surface area contributed by atoms with Crippen LogP contribution in [0.15, 0.2) is 0 Å². The summed E-state index contributed by atoms with van der Waals surface area (Å²) in [7, 11) is 0. The van der Waals surface area contributed by atoms with E-state index < -0.39 is 4.33 Å². The lowest BCUT2D eigenvalue weighted by atomic mass is 9.20. The number of hydrogen-bond donors (Lipinski definition) is 0. The van der Waals surface area contributed by atoms with Crippen LogP contribution in [0.2, 0.25) is 0 Å². The second-order valence-electron chi connectivity index (χ2n) is 5.37. The van der Waals surface area contributed by atoms with E-state index in [0.29, 0.717) is 10.2 Å². The predicted octanol–water partition coefficient (Wildman–Crippen LogP) is 3.19. The Morgan fingerprint density at radius 3 is 1.62 bits per heavy atom. The van der Waals surface area contributed by atoms with Gasteiger partial charge in [-0.3, -0.25) is 0 Å². The smallest absolute Gasteiger partial charge is 0.0997 e. The first-order chi connectivity index (χ1) is 5.98. The number of hydrogen-bond acceptors (Lipinski definition) is 0. The summed E-state index contributed by atoms with van der Waals surface area (Å²) >= 11 is 20.7. The van der Waals surface area contributed by atoms with E-state index in [0.717, 1.165) is 29.6 Å². The average Bonchev–Trinajstić information content (AvgIpc) is 2.20. The van der Waals surface area contributed by atoms with Crippen LogP contribution in [-0.2, 0) is 0 Å². The fraction of sp³-hybridized carbons (Fsp3) is 1.00. The van der Waals surface area contributed by atoms with Crippen LogP contribution < -0.4 is 0 Å². The van der Waals surface area contributed by atoms with E-state index in [1.54, 1.807) is 0 Å². The van der Waals surface area contributed by atoms with Crippen molar-refractivity contribution in [2.45, 2.75) is 13.0 Å². The summed E-state index contributed by atoms with van der Waals surface area (Å²) in [6.45, 7) is 0. The van der Waals surface area contributed by atoms with Crippen LogP contribution in [0.3, 0.4) is 0 Å². The average molecular weight is 345 g/mol. The molecule has 0 aromatic carbocycles. The van der Waals surface area contributed by atoms with Crippen LogP contribution in [0.4, 0.5) is 0 Å². The first-order valence-corrected chi connectivity index (χ1v) is 7.08. The highest BCUT2D eigenvalue weighted by Crippen LogP contribution is 3.04. The number of halogens is 4. The molecule has 0 spiro atoms. The largest absolute Gasteiger partial charge is 0.137 e. The van der Waals surface area contributed by atoms with Gasteiger partial charge in [-0.1, -0.05) is 55.1 Å². The zero-order valence-corrected chi connectivity index (χ0v) is 11.2. The lowest BCUT2D eigenvalue weighted by molar-refractivity contribution is -0.337. The third-order valence-corrected chi connectivity index (χ3v) is 10.6. The molecule has 0 nitrogen and oxygen atoms in total. The Morgan fingerprint density at radius 1 is 0.769 bits per heavy atom. The number of rotatable bonds is 0. The first kappa shape index (κ1) is 7.76. The van der Waals surface area contributed by atoms with Crippen molar-refractivity contribution < 1.29 is 0 Å². The van der Waals surface area contributed by atoms with Crippen LogP contribution in [-0.4, -0.2) is 13.0 Å². The first-order valence-electron chi connectivity index (χ1n) is 4.74. The van der Waals surface area contributed by atoms with Crippen LogP contribution >= 0.6 is 55.1 Å². The summed E-state index contributed by atoms with van der Waals surface area (Å²) in [5.74, 6) is 4.60. The van der Waals surface area contributed by atoms with E-state index >= 15 is 0 Å². The maximum Gasteiger partial charge on any atom is 0.137 e. The third-order valence-electron chi connectivity index (χ3n) is 5.75. The van der Waals surface area contributed by atoms with Crippen LogP contribution in [0.5, 0.6) is 0 Å². The zero-order valence-electron chi connectivity index (χ0n) is 6.48. The molecule has 6 fully saturated rings. The fourth-order valence-electron chi connectivity index (χ4n) is 5.60. The van der Waals surface area contributed by atoms with Gasteiger partial charge in [0.25, 0.3) is 0 Å². The Labute approximate surface area is 103 Å².